The molecule has 0 saturated carbocycles. The molecule has 0 spiro atoms. The average molecular weight is 324 g/mol. The first-order chi connectivity index (χ1) is 10.9. The number of nitrogens with zero attached hydrogens (tertiary/aromatic N) is 2. The van der Waals surface area contributed by atoms with Crippen LogP contribution in [0.1, 0.15) is 18.0 Å². The van der Waals surface area contributed by atoms with Crippen LogP contribution in [0.2, 0.25) is 0 Å². The van der Waals surface area contributed by atoms with E-state index in [9.17, 15) is 24.9 Å². The Kier molecular flexibility index (Phi) is 4.92. The van der Waals surface area contributed by atoms with Crippen LogP contribution in [0.4, 0.5) is 5.69 Å². The molecular formula is C14H16N2O7. The molecule has 1 fully saturated rings. The standard InChI is InChI=1S/C14H16N2O7/c1-22-13(17)10-7-11(14(18)23-2)15(19)12(10)8-3-5-9(6-4-8)16(20)21/h3-6,10-12,19H,7H2,1-2H3/t10-,11-,12-/m0/s1. The predicted molar refractivity (Wildman–Crippen MR) is 75.4 cm³/mol. The lowest BCUT2D eigenvalue weighted by Gasteiger charge is -2.24. The summed E-state index contributed by atoms with van der Waals surface area (Å²) in [5.74, 6) is -2.06. The zero-order chi connectivity index (χ0) is 17.1. The number of carbonyl (C=O) groups excluding carboxylic acids is 2. The van der Waals surface area contributed by atoms with Crippen LogP contribution in [0.5, 0.6) is 0 Å². The number of hydrogen-bond acceptors (Lipinski definition) is 8. The van der Waals surface area contributed by atoms with Crippen LogP contribution < -0.4 is 0 Å². The zero-order valence-corrected chi connectivity index (χ0v) is 12.5. The summed E-state index contributed by atoms with van der Waals surface area (Å²) in [4.78, 5) is 33.8. The van der Waals surface area contributed by atoms with Crippen molar-refractivity contribution in [3.05, 3.63) is 39.9 Å². The van der Waals surface area contributed by atoms with Crippen LogP contribution in [0.15, 0.2) is 24.3 Å². The van der Waals surface area contributed by atoms with E-state index in [1.807, 2.05) is 0 Å². The number of nitro benzene ring substituents is 1. The summed E-state index contributed by atoms with van der Waals surface area (Å²) in [6.07, 6.45) is 0.0253. The van der Waals surface area contributed by atoms with Gasteiger partial charge in [0.25, 0.3) is 5.69 Å². The van der Waals surface area contributed by atoms with Crippen molar-refractivity contribution in [3.8, 4) is 0 Å². The number of hydrogen-bond donors (Lipinski definition) is 1. The Hall–Kier alpha value is -2.52. The van der Waals surface area contributed by atoms with Gasteiger partial charge in [0.1, 0.15) is 6.04 Å². The highest BCUT2D eigenvalue weighted by Gasteiger charge is 2.49. The summed E-state index contributed by atoms with van der Waals surface area (Å²) in [5, 5.41) is 21.7. The molecule has 0 amide bonds. The third-order valence-electron chi connectivity index (χ3n) is 3.89. The number of nitro groups is 1. The van der Waals surface area contributed by atoms with Crippen LogP contribution >= 0.6 is 0 Å². The van der Waals surface area contributed by atoms with E-state index in [0.717, 1.165) is 5.06 Å². The van der Waals surface area contributed by atoms with Gasteiger partial charge in [0.05, 0.1) is 31.1 Å². The summed E-state index contributed by atoms with van der Waals surface area (Å²) in [7, 11) is 2.39. The monoisotopic (exact) mass is 324 g/mol. The molecule has 1 heterocycles. The van der Waals surface area contributed by atoms with Crippen LogP contribution in [-0.4, -0.2) is 47.4 Å². The fourth-order valence-electron chi connectivity index (χ4n) is 2.75. The fourth-order valence-corrected chi connectivity index (χ4v) is 2.75. The molecule has 23 heavy (non-hydrogen) atoms. The highest BCUT2D eigenvalue weighted by atomic mass is 16.6. The summed E-state index contributed by atoms with van der Waals surface area (Å²) in [6, 6.07) is 3.53. The van der Waals surface area contributed by atoms with Gasteiger partial charge in [-0.1, -0.05) is 12.1 Å². The van der Waals surface area contributed by atoms with Crippen molar-refractivity contribution in [1.82, 2.24) is 5.06 Å². The predicted octanol–water partition coefficient (Wildman–Crippen LogP) is 1.06. The largest absolute Gasteiger partial charge is 0.469 e. The van der Waals surface area contributed by atoms with Crippen molar-refractivity contribution in [2.24, 2.45) is 5.92 Å². The summed E-state index contributed by atoms with van der Waals surface area (Å²) in [6.45, 7) is 0. The smallest absolute Gasteiger partial charge is 0.325 e. The summed E-state index contributed by atoms with van der Waals surface area (Å²) < 4.78 is 9.34. The van der Waals surface area contributed by atoms with Crippen LogP contribution in [-0.2, 0) is 19.1 Å². The molecule has 2 rings (SSSR count). The van der Waals surface area contributed by atoms with Crippen molar-refractivity contribution in [2.75, 3.05) is 14.2 Å². The molecule has 3 atom stereocenters. The number of benzene rings is 1. The van der Waals surface area contributed by atoms with Gasteiger partial charge in [-0.3, -0.25) is 19.7 Å². The number of methoxy groups -OCH3 is 2. The minimum Gasteiger partial charge on any atom is -0.469 e. The number of ether oxygens (including phenoxy) is 2. The zero-order valence-electron chi connectivity index (χ0n) is 12.5. The number of esters is 2. The Bertz CT molecular complexity index is 616. The van der Waals surface area contributed by atoms with Gasteiger partial charge in [-0.2, -0.15) is 5.06 Å². The highest BCUT2D eigenvalue weighted by molar-refractivity contribution is 5.80. The van der Waals surface area contributed by atoms with Gasteiger partial charge in [-0.15, -0.1) is 0 Å². The van der Waals surface area contributed by atoms with Gasteiger partial charge in [0.2, 0.25) is 0 Å². The van der Waals surface area contributed by atoms with Crippen molar-refractivity contribution >= 4 is 17.6 Å². The van der Waals surface area contributed by atoms with Crippen molar-refractivity contribution in [3.63, 3.8) is 0 Å². The molecule has 9 heteroatoms. The van der Waals surface area contributed by atoms with E-state index in [0.29, 0.717) is 5.56 Å². The number of hydroxylamine groups is 2. The maximum absolute atomic E-state index is 12.0. The molecule has 1 aliphatic rings. The summed E-state index contributed by atoms with van der Waals surface area (Å²) >= 11 is 0. The first kappa shape index (κ1) is 16.8. The Balaban J connectivity index is 2.36. The third-order valence-corrected chi connectivity index (χ3v) is 3.89. The van der Waals surface area contributed by atoms with Crippen LogP contribution in [0.25, 0.3) is 0 Å². The molecule has 0 bridgehead atoms. The van der Waals surface area contributed by atoms with Gasteiger partial charge in [-0.25, -0.2) is 0 Å². The quantitative estimate of drug-likeness (QED) is 0.496. The minimum atomic E-state index is -1.01. The van der Waals surface area contributed by atoms with Crippen LogP contribution in [0.3, 0.4) is 0 Å². The molecular weight excluding hydrogens is 308 g/mol. The second kappa shape index (κ2) is 6.71. The Morgan fingerprint density at radius 2 is 1.78 bits per heavy atom. The second-order valence-corrected chi connectivity index (χ2v) is 5.08. The number of carbonyl (C=O) groups is 2. The fraction of sp³-hybridized carbons (Fsp3) is 0.429. The van der Waals surface area contributed by atoms with Gasteiger partial charge >= 0.3 is 11.9 Å². The van der Waals surface area contributed by atoms with E-state index < -0.39 is 34.9 Å². The van der Waals surface area contributed by atoms with E-state index in [4.69, 9.17) is 4.74 Å². The highest BCUT2D eigenvalue weighted by Crippen LogP contribution is 2.41. The van der Waals surface area contributed by atoms with Crippen molar-refractivity contribution in [1.29, 1.82) is 0 Å². The van der Waals surface area contributed by atoms with Gasteiger partial charge in [0.15, 0.2) is 0 Å². The molecule has 1 aromatic carbocycles. The topological polar surface area (TPSA) is 119 Å². The average Bonchev–Trinajstić information content (AvgIpc) is 2.90. The third kappa shape index (κ3) is 3.15. The Morgan fingerprint density at radius 3 is 2.26 bits per heavy atom. The first-order valence-electron chi connectivity index (χ1n) is 6.78. The second-order valence-electron chi connectivity index (χ2n) is 5.08. The maximum Gasteiger partial charge on any atom is 0.325 e. The summed E-state index contributed by atoms with van der Waals surface area (Å²) in [5.41, 5.74) is 0.343. The Labute approximate surface area is 131 Å². The Morgan fingerprint density at radius 1 is 1.22 bits per heavy atom. The molecule has 1 aliphatic heterocycles. The van der Waals surface area contributed by atoms with Crippen molar-refractivity contribution < 1.29 is 29.2 Å². The van der Waals surface area contributed by atoms with E-state index >= 15 is 0 Å². The molecule has 1 saturated heterocycles. The van der Waals surface area contributed by atoms with E-state index in [1.165, 1.54) is 38.5 Å². The van der Waals surface area contributed by atoms with Crippen LogP contribution in [0, 0.1) is 16.0 Å². The van der Waals surface area contributed by atoms with Gasteiger partial charge < -0.3 is 14.7 Å². The van der Waals surface area contributed by atoms with Gasteiger partial charge in [0, 0.05) is 12.1 Å². The molecule has 1 N–H and O–H groups in total. The lowest BCUT2D eigenvalue weighted by Crippen LogP contribution is -2.36. The lowest BCUT2D eigenvalue weighted by atomic mass is 9.93. The van der Waals surface area contributed by atoms with Gasteiger partial charge in [-0.05, 0) is 12.0 Å². The number of non-ortho nitro benzene ring substituents is 1. The lowest BCUT2D eigenvalue weighted by molar-refractivity contribution is -0.384. The SMILES string of the molecule is COC(=O)[C@H]1C[C@@H](C(=O)OC)N(O)[C@H]1c1ccc([N+](=O)[O-])cc1. The van der Waals surface area contributed by atoms with Crippen molar-refractivity contribution in [2.45, 2.75) is 18.5 Å². The van der Waals surface area contributed by atoms with E-state index in [-0.39, 0.29) is 12.1 Å². The molecule has 9 nitrogen and oxygen atoms in total. The maximum atomic E-state index is 12.0. The minimum absolute atomic E-state index is 0.0253. The molecule has 0 unspecified atom stereocenters. The van der Waals surface area contributed by atoms with E-state index in [2.05, 4.69) is 4.74 Å². The number of rotatable bonds is 4. The molecule has 0 aromatic heterocycles. The van der Waals surface area contributed by atoms with E-state index in [1.54, 1.807) is 0 Å². The molecule has 0 radical (unpaired) electrons. The molecule has 1 aromatic rings. The molecule has 124 valence electrons. The first-order valence-corrected chi connectivity index (χ1v) is 6.78. The molecule has 0 aliphatic carbocycles. The normalized spacial score (nSPS) is 24.2.